The molecule has 0 saturated heterocycles. The first-order valence-corrected chi connectivity index (χ1v) is 6.05. The Kier molecular flexibility index (Phi) is 4.33. The Labute approximate surface area is 119 Å². The predicted molar refractivity (Wildman–Crippen MR) is 71.6 cm³/mol. The quantitative estimate of drug-likeness (QED) is 0.924. The number of hydrogen-bond acceptors (Lipinski definition) is 3. The van der Waals surface area contributed by atoms with E-state index < -0.39 is 6.36 Å². The predicted octanol–water partition coefficient (Wildman–Crippen LogP) is 4.07. The molecule has 0 atom stereocenters. The second-order valence-corrected chi connectivity index (χ2v) is 4.23. The van der Waals surface area contributed by atoms with Gasteiger partial charge in [0, 0.05) is 12.2 Å². The Balaban J connectivity index is 1.92. The number of nitrogens with one attached hydrogen (secondary N) is 1. The number of alkyl halides is 3. The molecule has 0 unspecified atom stereocenters. The number of halogens is 3. The first kappa shape index (κ1) is 14.7. The number of anilines is 1. The van der Waals surface area contributed by atoms with Crippen molar-refractivity contribution in [2.24, 2.45) is 0 Å². The summed E-state index contributed by atoms with van der Waals surface area (Å²) in [5.74, 6) is -0.246. The van der Waals surface area contributed by atoms with Crippen LogP contribution in [0.15, 0.2) is 48.5 Å². The summed E-state index contributed by atoms with van der Waals surface area (Å²) in [6.07, 6.45) is -4.68. The summed E-state index contributed by atoms with van der Waals surface area (Å²) in [7, 11) is 0. The lowest BCUT2D eigenvalue weighted by molar-refractivity contribution is -0.274. The van der Waals surface area contributed by atoms with Crippen molar-refractivity contribution in [3.8, 4) is 11.8 Å². The Morgan fingerprint density at radius 2 is 1.62 bits per heavy atom. The van der Waals surface area contributed by atoms with Crippen LogP contribution in [0.3, 0.4) is 0 Å². The number of nitriles is 1. The average Bonchev–Trinajstić information content (AvgIpc) is 2.45. The zero-order valence-corrected chi connectivity index (χ0v) is 10.8. The Morgan fingerprint density at radius 1 is 1.00 bits per heavy atom. The Hall–Kier alpha value is -2.68. The van der Waals surface area contributed by atoms with Crippen LogP contribution < -0.4 is 10.1 Å². The number of ether oxygens (including phenoxy) is 1. The van der Waals surface area contributed by atoms with E-state index in [1.54, 1.807) is 36.4 Å². The average molecular weight is 292 g/mol. The molecule has 2 rings (SSSR count). The molecule has 3 nitrogen and oxygen atoms in total. The maximum atomic E-state index is 12.0. The number of hydrogen-bond donors (Lipinski definition) is 1. The van der Waals surface area contributed by atoms with Crippen molar-refractivity contribution in [2.45, 2.75) is 12.9 Å². The molecule has 0 aliphatic rings. The van der Waals surface area contributed by atoms with Crippen LogP contribution in [0, 0.1) is 11.3 Å². The van der Waals surface area contributed by atoms with Crippen molar-refractivity contribution in [3.63, 3.8) is 0 Å². The topological polar surface area (TPSA) is 45.0 Å². The van der Waals surface area contributed by atoms with E-state index in [-0.39, 0.29) is 5.75 Å². The normalized spacial score (nSPS) is 10.8. The molecule has 0 aliphatic carbocycles. The molecule has 0 saturated carbocycles. The fraction of sp³-hybridized carbons (Fsp3) is 0.133. The molecular weight excluding hydrogens is 281 g/mol. The van der Waals surface area contributed by atoms with Crippen LogP contribution in [0.4, 0.5) is 18.9 Å². The molecular formula is C15H11F3N2O. The SMILES string of the molecule is N#Cc1ccc(NCc2ccc(OC(F)(F)F)cc2)cc1. The number of nitrogens with zero attached hydrogens (tertiary/aromatic N) is 1. The van der Waals surface area contributed by atoms with Crippen LogP contribution >= 0.6 is 0 Å². The summed E-state index contributed by atoms with van der Waals surface area (Å²) < 4.78 is 39.8. The van der Waals surface area contributed by atoms with Crippen LogP contribution in [-0.4, -0.2) is 6.36 Å². The summed E-state index contributed by atoms with van der Waals surface area (Å²) in [6, 6.07) is 14.6. The third-order valence-electron chi connectivity index (χ3n) is 2.67. The van der Waals surface area contributed by atoms with Crippen molar-refractivity contribution in [1.82, 2.24) is 0 Å². The van der Waals surface area contributed by atoms with Crippen LogP contribution in [0.25, 0.3) is 0 Å². The molecule has 0 aliphatic heterocycles. The van der Waals surface area contributed by atoms with E-state index in [9.17, 15) is 13.2 Å². The molecule has 0 bridgehead atoms. The van der Waals surface area contributed by atoms with Crippen molar-refractivity contribution in [1.29, 1.82) is 5.26 Å². The van der Waals surface area contributed by atoms with Gasteiger partial charge < -0.3 is 10.1 Å². The van der Waals surface area contributed by atoms with Crippen molar-refractivity contribution in [2.75, 3.05) is 5.32 Å². The van der Waals surface area contributed by atoms with E-state index in [0.717, 1.165) is 11.3 Å². The van der Waals surface area contributed by atoms with Crippen LogP contribution in [-0.2, 0) is 6.54 Å². The van der Waals surface area contributed by atoms with Gasteiger partial charge in [-0.3, -0.25) is 0 Å². The number of rotatable bonds is 4. The van der Waals surface area contributed by atoms with E-state index in [2.05, 4.69) is 10.1 Å². The van der Waals surface area contributed by atoms with Gasteiger partial charge in [-0.1, -0.05) is 12.1 Å². The second kappa shape index (κ2) is 6.18. The summed E-state index contributed by atoms with van der Waals surface area (Å²) in [5.41, 5.74) is 2.20. The third kappa shape index (κ3) is 4.73. The van der Waals surface area contributed by atoms with Gasteiger partial charge in [0.15, 0.2) is 0 Å². The van der Waals surface area contributed by atoms with Crippen LogP contribution in [0.1, 0.15) is 11.1 Å². The third-order valence-corrected chi connectivity index (χ3v) is 2.67. The molecule has 1 N–H and O–H groups in total. The lowest BCUT2D eigenvalue weighted by Gasteiger charge is -2.10. The highest BCUT2D eigenvalue weighted by Gasteiger charge is 2.30. The minimum atomic E-state index is -4.68. The van der Waals surface area contributed by atoms with Gasteiger partial charge in [-0.05, 0) is 42.0 Å². The zero-order valence-electron chi connectivity index (χ0n) is 10.8. The fourth-order valence-electron chi connectivity index (χ4n) is 1.68. The largest absolute Gasteiger partial charge is 0.573 e. The molecule has 0 radical (unpaired) electrons. The van der Waals surface area contributed by atoms with E-state index in [1.807, 2.05) is 6.07 Å². The Morgan fingerprint density at radius 3 is 2.14 bits per heavy atom. The molecule has 2 aromatic rings. The van der Waals surface area contributed by atoms with Crippen molar-refractivity contribution < 1.29 is 17.9 Å². The van der Waals surface area contributed by atoms with Gasteiger partial charge in [0.2, 0.25) is 0 Å². The summed E-state index contributed by atoms with van der Waals surface area (Å²) >= 11 is 0. The van der Waals surface area contributed by atoms with Gasteiger partial charge in [0.25, 0.3) is 0 Å². The highest BCUT2D eigenvalue weighted by atomic mass is 19.4. The summed E-state index contributed by atoms with van der Waals surface area (Å²) in [4.78, 5) is 0. The van der Waals surface area contributed by atoms with Gasteiger partial charge >= 0.3 is 6.36 Å². The summed E-state index contributed by atoms with van der Waals surface area (Å²) in [5, 5.41) is 11.8. The van der Waals surface area contributed by atoms with Gasteiger partial charge in [-0.25, -0.2) is 0 Å². The monoisotopic (exact) mass is 292 g/mol. The molecule has 0 fully saturated rings. The molecule has 0 heterocycles. The first-order valence-electron chi connectivity index (χ1n) is 6.05. The fourth-order valence-corrected chi connectivity index (χ4v) is 1.68. The standard InChI is InChI=1S/C15H11F3N2O/c16-15(17,18)21-14-7-3-12(4-8-14)10-20-13-5-1-11(9-19)2-6-13/h1-8,20H,10H2. The first-order chi connectivity index (χ1) is 9.96. The zero-order chi connectivity index (χ0) is 15.3. The second-order valence-electron chi connectivity index (χ2n) is 4.23. The summed E-state index contributed by atoms with van der Waals surface area (Å²) in [6.45, 7) is 0.457. The van der Waals surface area contributed by atoms with E-state index >= 15 is 0 Å². The minimum absolute atomic E-state index is 0.246. The molecule has 0 spiro atoms. The smallest absolute Gasteiger partial charge is 0.406 e. The van der Waals surface area contributed by atoms with Crippen molar-refractivity contribution >= 4 is 5.69 Å². The van der Waals surface area contributed by atoms with E-state index in [0.29, 0.717) is 12.1 Å². The van der Waals surface area contributed by atoms with Gasteiger partial charge in [-0.15, -0.1) is 13.2 Å². The maximum absolute atomic E-state index is 12.0. The van der Waals surface area contributed by atoms with Gasteiger partial charge in [0.1, 0.15) is 5.75 Å². The number of benzene rings is 2. The van der Waals surface area contributed by atoms with Crippen molar-refractivity contribution in [3.05, 3.63) is 59.7 Å². The molecule has 21 heavy (non-hydrogen) atoms. The van der Waals surface area contributed by atoms with Crippen LogP contribution in [0.5, 0.6) is 5.75 Å². The molecule has 2 aromatic carbocycles. The van der Waals surface area contributed by atoms with E-state index in [1.165, 1.54) is 12.1 Å². The molecule has 6 heteroatoms. The maximum Gasteiger partial charge on any atom is 0.573 e. The molecule has 0 amide bonds. The minimum Gasteiger partial charge on any atom is -0.406 e. The van der Waals surface area contributed by atoms with Gasteiger partial charge in [-0.2, -0.15) is 5.26 Å². The lowest BCUT2D eigenvalue weighted by Crippen LogP contribution is -2.17. The Bertz CT molecular complexity index is 628. The molecule has 0 aromatic heterocycles. The molecule has 108 valence electrons. The van der Waals surface area contributed by atoms with Gasteiger partial charge in [0.05, 0.1) is 11.6 Å². The highest BCUT2D eigenvalue weighted by Crippen LogP contribution is 2.23. The van der Waals surface area contributed by atoms with Crippen LogP contribution in [0.2, 0.25) is 0 Å². The highest BCUT2D eigenvalue weighted by molar-refractivity contribution is 5.47. The lowest BCUT2D eigenvalue weighted by atomic mass is 10.2. The van der Waals surface area contributed by atoms with E-state index in [4.69, 9.17) is 5.26 Å².